The van der Waals surface area contributed by atoms with Gasteiger partial charge in [0.2, 0.25) is 0 Å². The van der Waals surface area contributed by atoms with Gasteiger partial charge in [0.25, 0.3) is 0 Å². The van der Waals surface area contributed by atoms with E-state index in [1.165, 1.54) is 0 Å². The maximum atomic E-state index is 10.3. The van der Waals surface area contributed by atoms with Gasteiger partial charge in [0.1, 0.15) is 0 Å². The molecule has 10 heavy (non-hydrogen) atoms. The van der Waals surface area contributed by atoms with Gasteiger partial charge in [-0.05, 0) is 6.42 Å². The number of rotatable bonds is 4. The van der Waals surface area contributed by atoms with E-state index < -0.39 is 0 Å². The van der Waals surface area contributed by atoms with Crippen LogP contribution in [0.2, 0.25) is 0 Å². The van der Waals surface area contributed by atoms with E-state index in [0.29, 0.717) is 6.42 Å². The fraction of sp³-hybridized carbons (Fsp3) is 0.833. The summed E-state index contributed by atoms with van der Waals surface area (Å²) in [6.07, 6.45) is 3.50. The van der Waals surface area contributed by atoms with Gasteiger partial charge in [-0.15, -0.1) is 0 Å². The van der Waals surface area contributed by atoms with Gasteiger partial charge in [-0.2, -0.15) is 5.90 Å². The average molecular weight is 343 g/mol. The molecule has 0 aromatic heterocycles. The van der Waals surface area contributed by atoms with Crippen molar-refractivity contribution in [2.75, 3.05) is 0 Å². The van der Waals surface area contributed by atoms with Gasteiger partial charge in [0, 0.05) is 6.42 Å². The first-order chi connectivity index (χ1) is 4.31. The Bertz CT molecular complexity index is 87.8. The van der Waals surface area contributed by atoms with Crippen molar-refractivity contribution in [3.8, 4) is 0 Å². The molecule has 0 atom stereocenters. The molecule has 0 aromatic rings. The van der Waals surface area contributed by atoms with Gasteiger partial charge in [0.15, 0.2) is 0 Å². The van der Waals surface area contributed by atoms with Crippen LogP contribution in [0.25, 0.3) is 0 Å². The molecule has 0 aliphatic heterocycles. The van der Waals surface area contributed by atoms with Crippen LogP contribution in [0.3, 0.4) is 0 Å². The molecule has 0 rings (SSSR count). The van der Waals surface area contributed by atoms with Crippen molar-refractivity contribution < 1.29 is 9.63 Å². The molecule has 0 unspecified atom stereocenters. The van der Waals surface area contributed by atoms with Crippen molar-refractivity contribution in [2.45, 2.75) is 32.6 Å². The molecule has 0 aliphatic rings. The number of carbonyl (C=O) groups is 1. The SMILES string of the molecule is CCCCCC(=O)ON.[BiH3]. The monoisotopic (exact) mass is 343 g/mol. The van der Waals surface area contributed by atoms with Gasteiger partial charge >= 0.3 is 32.2 Å². The zero-order valence-electron chi connectivity index (χ0n) is 6.43. The van der Waals surface area contributed by atoms with E-state index >= 15 is 0 Å². The van der Waals surface area contributed by atoms with Crippen LogP contribution in [0.15, 0.2) is 0 Å². The first-order valence-electron chi connectivity index (χ1n) is 3.20. The third-order valence-corrected chi connectivity index (χ3v) is 1.12. The Hall–Kier alpha value is 0.313. The topological polar surface area (TPSA) is 52.3 Å². The molecule has 0 aromatic carbocycles. The van der Waals surface area contributed by atoms with Gasteiger partial charge in [0.05, 0.1) is 0 Å². The fourth-order valence-corrected chi connectivity index (χ4v) is 0.578. The third kappa shape index (κ3) is 8.31. The van der Waals surface area contributed by atoms with E-state index in [1.54, 1.807) is 0 Å². The van der Waals surface area contributed by atoms with Crippen molar-refractivity contribution in [1.29, 1.82) is 0 Å². The molecule has 2 N–H and O–H groups in total. The fourth-order valence-electron chi connectivity index (χ4n) is 0.578. The number of hydrogen-bond acceptors (Lipinski definition) is 3. The second-order valence-electron chi connectivity index (χ2n) is 1.95. The number of nitrogens with two attached hydrogens (primary N) is 1. The van der Waals surface area contributed by atoms with E-state index in [9.17, 15) is 4.79 Å². The van der Waals surface area contributed by atoms with Crippen LogP contribution in [0.1, 0.15) is 32.6 Å². The Morgan fingerprint density at radius 2 is 2.10 bits per heavy atom. The second kappa shape index (κ2) is 9.31. The molecule has 0 heterocycles. The van der Waals surface area contributed by atoms with E-state index in [1.807, 2.05) is 0 Å². The Labute approximate surface area is 80.4 Å². The molecular weight excluding hydrogens is 327 g/mol. The first-order valence-corrected chi connectivity index (χ1v) is 3.20. The van der Waals surface area contributed by atoms with Crippen LogP contribution in [0.5, 0.6) is 0 Å². The zero-order valence-corrected chi connectivity index (χ0v) is 11.9. The summed E-state index contributed by atoms with van der Waals surface area (Å²) in [6, 6.07) is 0. The molecule has 0 spiro atoms. The van der Waals surface area contributed by atoms with Crippen molar-refractivity contribution >= 4 is 32.2 Å². The summed E-state index contributed by atoms with van der Waals surface area (Å²) < 4.78 is 0. The minimum atomic E-state index is -0.316. The van der Waals surface area contributed by atoms with Crippen molar-refractivity contribution in [3.05, 3.63) is 0 Å². The second-order valence-corrected chi connectivity index (χ2v) is 1.95. The molecule has 3 nitrogen and oxygen atoms in total. The molecule has 0 bridgehead atoms. The molecule has 0 saturated heterocycles. The van der Waals surface area contributed by atoms with Crippen LogP contribution in [-0.2, 0) is 9.63 Å². The van der Waals surface area contributed by atoms with E-state index in [2.05, 4.69) is 17.7 Å². The molecule has 0 aliphatic carbocycles. The molecule has 0 amide bonds. The van der Waals surface area contributed by atoms with Crippen LogP contribution in [0.4, 0.5) is 0 Å². The Morgan fingerprint density at radius 1 is 1.50 bits per heavy atom. The molecule has 62 valence electrons. The molecule has 4 heteroatoms. The Kier molecular flexibility index (Phi) is 12.1. The first kappa shape index (κ1) is 12.9. The van der Waals surface area contributed by atoms with Crippen LogP contribution in [-0.4, -0.2) is 32.2 Å². The summed E-state index contributed by atoms with van der Waals surface area (Å²) in [5.41, 5.74) is 0. The van der Waals surface area contributed by atoms with E-state index in [-0.39, 0.29) is 32.2 Å². The summed E-state index contributed by atoms with van der Waals surface area (Å²) in [5, 5.41) is 0. The van der Waals surface area contributed by atoms with Crippen molar-refractivity contribution in [2.24, 2.45) is 5.90 Å². The predicted molar refractivity (Wildman–Crippen MR) is 44.4 cm³/mol. The number of hydrogen-bond donors (Lipinski definition) is 1. The van der Waals surface area contributed by atoms with Crippen molar-refractivity contribution in [3.63, 3.8) is 0 Å². The quantitative estimate of drug-likeness (QED) is 0.437. The molecule has 0 saturated carbocycles. The average Bonchev–Trinajstić information content (AvgIpc) is 1.89. The number of unbranched alkanes of at least 4 members (excludes halogenated alkanes) is 2. The summed E-state index contributed by atoms with van der Waals surface area (Å²) in [5.74, 6) is 4.29. The molecule has 0 radical (unpaired) electrons. The van der Waals surface area contributed by atoms with E-state index in [0.717, 1.165) is 19.3 Å². The summed E-state index contributed by atoms with van der Waals surface area (Å²) in [4.78, 5) is 14.3. The molecule has 0 fully saturated rings. The Morgan fingerprint density at radius 3 is 2.50 bits per heavy atom. The zero-order chi connectivity index (χ0) is 7.11. The van der Waals surface area contributed by atoms with Crippen LogP contribution < -0.4 is 5.90 Å². The predicted octanol–water partition coefficient (Wildman–Crippen LogP) is -0.200. The summed E-state index contributed by atoms with van der Waals surface area (Å²) in [7, 11) is 0. The van der Waals surface area contributed by atoms with Gasteiger partial charge in [-0.3, -0.25) is 4.79 Å². The van der Waals surface area contributed by atoms with Gasteiger partial charge < -0.3 is 4.84 Å². The van der Waals surface area contributed by atoms with Gasteiger partial charge in [-0.25, -0.2) is 0 Å². The standard InChI is InChI=1S/C6H13NO2.Bi.3H/c1-2-3-4-5-6(8)9-7;;;;/h2-5,7H2,1H3;;;;. The number of carbonyl (C=O) groups excluding carboxylic acids is 1. The van der Waals surface area contributed by atoms with Gasteiger partial charge in [-0.1, -0.05) is 19.8 Å². The minimum absolute atomic E-state index is 0. The molecular formula is C6H16BiNO2. The summed E-state index contributed by atoms with van der Waals surface area (Å²) >= 11 is 0. The summed E-state index contributed by atoms with van der Waals surface area (Å²) in [6.45, 7) is 2.08. The van der Waals surface area contributed by atoms with Crippen molar-refractivity contribution in [1.82, 2.24) is 0 Å². The van der Waals surface area contributed by atoms with Crippen LogP contribution in [0, 0.1) is 0 Å². The van der Waals surface area contributed by atoms with Crippen LogP contribution >= 0.6 is 0 Å². The normalized spacial score (nSPS) is 8.20. The Balaban J connectivity index is 0. The maximum absolute atomic E-state index is 10.3. The van der Waals surface area contributed by atoms with E-state index in [4.69, 9.17) is 0 Å². The third-order valence-electron chi connectivity index (χ3n) is 1.12.